The van der Waals surface area contributed by atoms with Crippen LogP contribution in [0.5, 0.6) is 0 Å². The highest BCUT2D eigenvalue weighted by Crippen LogP contribution is 2.24. The molecule has 0 radical (unpaired) electrons. The van der Waals surface area contributed by atoms with Crippen LogP contribution in [0, 0.1) is 5.92 Å². The standard InChI is InChI=1S/C13H27NS/c1-4-15-9-8-12(3)14-13-7-5-6-11(2)10-13/h11-14H,4-10H2,1-3H3. The Hall–Kier alpha value is 0.310. The molecule has 0 bridgehead atoms. The first kappa shape index (κ1) is 13.4. The molecule has 0 aliphatic heterocycles. The first-order valence-electron chi connectivity index (χ1n) is 6.56. The van der Waals surface area contributed by atoms with E-state index in [1.807, 2.05) is 0 Å². The van der Waals surface area contributed by atoms with Crippen LogP contribution < -0.4 is 5.32 Å². The molecule has 1 aliphatic carbocycles. The minimum atomic E-state index is 0.708. The summed E-state index contributed by atoms with van der Waals surface area (Å²) < 4.78 is 0. The van der Waals surface area contributed by atoms with Crippen molar-refractivity contribution >= 4 is 11.8 Å². The van der Waals surface area contributed by atoms with Crippen molar-refractivity contribution in [2.24, 2.45) is 5.92 Å². The largest absolute Gasteiger partial charge is 0.311 e. The Bertz CT molecular complexity index is 161. The average molecular weight is 229 g/mol. The molecule has 3 unspecified atom stereocenters. The summed E-state index contributed by atoms with van der Waals surface area (Å²) in [5.74, 6) is 3.51. The lowest BCUT2D eigenvalue weighted by Gasteiger charge is -2.30. The molecule has 0 amide bonds. The highest BCUT2D eigenvalue weighted by molar-refractivity contribution is 7.99. The van der Waals surface area contributed by atoms with Crippen LogP contribution in [0.2, 0.25) is 0 Å². The van der Waals surface area contributed by atoms with Crippen molar-refractivity contribution in [2.75, 3.05) is 11.5 Å². The molecule has 0 saturated heterocycles. The van der Waals surface area contributed by atoms with Gasteiger partial charge in [0.25, 0.3) is 0 Å². The lowest BCUT2D eigenvalue weighted by atomic mass is 9.87. The highest BCUT2D eigenvalue weighted by atomic mass is 32.2. The summed E-state index contributed by atoms with van der Waals surface area (Å²) in [5, 5.41) is 3.79. The number of hydrogen-bond acceptors (Lipinski definition) is 2. The Morgan fingerprint density at radius 1 is 1.40 bits per heavy atom. The molecular formula is C13H27NS. The zero-order valence-corrected chi connectivity index (χ0v) is 11.4. The third-order valence-corrected chi connectivity index (χ3v) is 4.29. The molecule has 0 aromatic rings. The summed E-state index contributed by atoms with van der Waals surface area (Å²) in [4.78, 5) is 0. The average Bonchev–Trinajstić information content (AvgIpc) is 2.18. The van der Waals surface area contributed by atoms with Crippen molar-refractivity contribution in [2.45, 2.75) is 65.0 Å². The van der Waals surface area contributed by atoms with E-state index >= 15 is 0 Å². The van der Waals surface area contributed by atoms with Crippen LogP contribution in [0.4, 0.5) is 0 Å². The van der Waals surface area contributed by atoms with Crippen molar-refractivity contribution in [1.29, 1.82) is 0 Å². The second-order valence-electron chi connectivity index (χ2n) is 5.02. The molecule has 2 heteroatoms. The Balaban J connectivity index is 2.10. The third-order valence-electron chi connectivity index (χ3n) is 3.36. The van der Waals surface area contributed by atoms with Crippen molar-refractivity contribution in [3.05, 3.63) is 0 Å². The third kappa shape index (κ3) is 5.82. The quantitative estimate of drug-likeness (QED) is 0.697. The van der Waals surface area contributed by atoms with Crippen LogP contribution in [-0.2, 0) is 0 Å². The molecule has 15 heavy (non-hydrogen) atoms. The molecule has 0 aromatic heterocycles. The van der Waals surface area contributed by atoms with Gasteiger partial charge in [0.15, 0.2) is 0 Å². The van der Waals surface area contributed by atoms with Crippen LogP contribution >= 0.6 is 11.8 Å². The molecule has 1 saturated carbocycles. The van der Waals surface area contributed by atoms with Gasteiger partial charge in [0, 0.05) is 12.1 Å². The predicted octanol–water partition coefficient (Wildman–Crippen LogP) is 3.69. The summed E-state index contributed by atoms with van der Waals surface area (Å²) in [6.07, 6.45) is 6.98. The minimum absolute atomic E-state index is 0.708. The maximum absolute atomic E-state index is 3.79. The fourth-order valence-electron chi connectivity index (χ4n) is 2.48. The van der Waals surface area contributed by atoms with E-state index in [9.17, 15) is 0 Å². The lowest BCUT2D eigenvalue weighted by molar-refractivity contribution is 0.283. The number of rotatable bonds is 6. The van der Waals surface area contributed by atoms with E-state index in [0.717, 1.165) is 12.0 Å². The molecule has 3 atom stereocenters. The second-order valence-corrected chi connectivity index (χ2v) is 6.42. The molecule has 1 nitrogen and oxygen atoms in total. The van der Waals surface area contributed by atoms with Gasteiger partial charge in [-0.15, -0.1) is 0 Å². The Kier molecular flexibility index (Phi) is 6.74. The van der Waals surface area contributed by atoms with E-state index in [1.54, 1.807) is 0 Å². The fourth-order valence-corrected chi connectivity index (χ4v) is 3.28. The first-order chi connectivity index (χ1) is 7.22. The fraction of sp³-hybridized carbons (Fsp3) is 1.00. The normalized spacial score (nSPS) is 29.0. The van der Waals surface area contributed by atoms with Gasteiger partial charge in [-0.1, -0.05) is 26.7 Å². The second kappa shape index (κ2) is 7.56. The summed E-state index contributed by atoms with van der Waals surface area (Å²) >= 11 is 2.06. The van der Waals surface area contributed by atoms with Crippen LogP contribution in [0.1, 0.15) is 52.9 Å². The number of nitrogens with one attached hydrogen (secondary N) is 1. The van der Waals surface area contributed by atoms with Gasteiger partial charge < -0.3 is 5.32 Å². The van der Waals surface area contributed by atoms with Gasteiger partial charge in [-0.3, -0.25) is 0 Å². The minimum Gasteiger partial charge on any atom is -0.311 e. The van der Waals surface area contributed by atoms with Crippen LogP contribution in [0.3, 0.4) is 0 Å². The molecule has 1 N–H and O–H groups in total. The summed E-state index contributed by atoms with van der Waals surface area (Å²) in [6, 6.07) is 1.51. The van der Waals surface area contributed by atoms with Crippen molar-refractivity contribution in [3.8, 4) is 0 Å². The van der Waals surface area contributed by atoms with Gasteiger partial charge in [0.1, 0.15) is 0 Å². The number of hydrogen-bond donors (Lipinski definition) is 1. The Morgan fingerprint density at radius 3 is 2.87 bits per heavy atom. The summed E-state index contributed by atoms with van der Waals surface area (Å²) in [5.41, 5.74) is 0. The lowest BCUT2D eigenvalue weighted by Crippen LogP contribution is -2.39. The molecular weight excluding hydrogens is 202 g/mol. The first-order valence-corrected chi connectivity index (χ1v) is 7.71. The van der Waals surface area contributed by atoms with Gasteiger partial charge in [0.05, 0.1) is 0 Å². The predicted molar refractivity (Wildman–Crippen MR) is 71.6 cm³/mol. The van der Waals surface area contributed by atoms with Crippen molar-refractivity contribution < 1.29 is 0 Å². The van der Waals surface area contributed by atoms with Gasteiger partial charge in [-0.2, -0.15) is 11.8 Å². The van der Waals surface area contributed by atoms with Gasteiger partial charge in [0.2, 0.25) is 0 Å². The maximum atomic E-state index is 3.79. The zero-order valence-electron chi connectivity index (χ0n) is 10.6. The van der Waals surface area contributed by atoms with Gasteiger partial charge in [-0.05, 0) is 43.6 Å². The molecule has 0 heterocycles. The maximum Gasteiger partial charge on any atom is 0.00720 e. The monoisotopic (exact) mass is 229 g/mol. The van der Waals surface area contributed by atoms with E-state index in [1.165, 1.54) is 43.6 Å². The molecule has 0 aromatic carbocycles. The molecule has 0 spiro atoms. The topological polar surface area (TPSA) is 12.0 Å². The number of thioether (sulfide) groups is 1. The highest BCUT2D eigenvalue weighted by Gasteiger charge is 2.19. The van der Waals surface area contributed by atoms with E-state index < -0.39 is 0 Å². The summed E-state index contributed by atoms with van der Waals surface area (Å²) in [7, 11) is 0. The summed E-state index contributed by atoms with van der Waals surface area (Å²) in [6.45, 7) is 6.98. The van der Waals surface area contributed by atoms with Gasteiger partial charge >= 0.3 is 0 Å². The molecule has 1 aliphatic rings. The Labute approximate surface area is 99.8 Å². The van der Waals surface area contributed by atoms with Crippen LogP contribution in [0.25, 0.3) is 0 Å². The zero-order chi connectivity index (χ0) is 11.1. The molecule has 1 rings (SSSR count). The van der Waals surface area contributed by atoms with E-state index in [-0.39, 0.29) is 0 Å². The van der Waals surface area contributed by atoms with E-state index in [2.05, 4.69) is 37.8 Å². The van der Waals surface area contributed by atoms with Crippen LogP contribution in [0.15, 0.2) is 0 Å². The molecule has 1 fully saturated rings. The SMILES string of the molecule is CCSCCC(C)NC1CCCC(C)C1. The van der Waals surface area contributed by atoms with Crippen molar-refractivity contribution in [3.63, 3.8) is 0 Å². The van der Waals surface area contributed by atoms with E-state index in [0.29, 0.717) is 6.04 Å². The molecule has 90 valence electrons. The van der Waals surface area contributed by atoms with Gasteiger partial charge in [-0.25, -0.2) is 0 Å². The smallest absolute Gasteiger partial charge is 0.00720 e. The Morgan fingerprint density at radius 2 is 2.20 bits per heavy atom. The van der Waals surface area contributed by atoms with E-state index in [4.69, 9.17) is 0 Å². The van der Waals surface area contributed by atoms with Crippen LogP contribution in [-0.4, -0.2) is 23.6 Å². The van der Waals surface area contributed by atoms with Crippen molar-refractivity contribution in [1.82, 2.24) is 5.32 Å².